The number of anilines is 1. The number of nitrogens with zero attached hydrogens (tertiary/aromatic N) is 1. The van der Waals surface area contributed by atoms with Gasteiger partial charge in [-0.1, -0.05) is 23.7 Å². The first-order chi connectivity index (χ1) is 14.4. The van der Waals surface area contributed by atoms with E-state index in [1.807, 2.05) is 12.1 Å². The standard InChI is InChI=1S/C24H21ClN2O3/c1-24(2,30-22-11-7-19(25)8-12-22)23(28)27-20-9-13-21(14-10-20)29-16-18-5-3-17(15-26)4-6-18/h3-14H,16H2,1-2H3,(H,27,28). The van der Waals surface area contributed by atoms with E-state index in [9.17, 15) is 4.79 Å². The summed E-state index contributed by atoms with van der Waals surface area (Å²) in [6.45, 7) is 3.79. The Morgan fingerprint density at radius 1 is 0.967 bits per heavy atom. The van der Waals surface area contributed by atoms with Gasteiger partial charge in [0.25, 0.3) is 5.91 Å². The highest BCUT2D eigenvalue weighted by molar-refractivity contribution is 6.30. The number of carbonyl (C=O) groups excluding carboxylic acids is 1. The molecule has 152 valence electrons. The maximum absolute atomic E-state index is 12.6. The molecule has 0 radical (unpaired) electrons. The van der Waals surface area contributed by atoms with Crippen LogP contribution in [0.25, 0.3) is 0 Å². The first kappa shape index (κ1) is 21.2. The minimum absolute atomic E-state index is 0.274. The molecule has 3 aromatic rings. The first-order valence-electron chi connectivity index (χ1n) is 9.34. The third-order valence-electron chi connectivity index (χ3n) is 4.33. The van der Waals surface area contributed by atoms with E-state index in [-0.39, 0.29) is 5.91 Å². The summed E-state index contributed by atoms with van der Waals surface area (Å²) >= 11 is 5.88. The highest BCUT2D eigenvalue weighted by atomic mass is 35.5. The second-order valence-corrected chi connectivity index (χ2v) is 7.58. The molecule has 0 atom stereocenters. The maximum Gasteiger partial charge on any atom is 0.267 e. The molecular weight excluding hydrogens is 400 g/mol. The van der Waals surface area contributed by atoms with Crippen LogP contribution in [0.3, 0.4) is 0 Å². The summed E-state index contributed by atoms with van der Waals surface area (Å²) in [7, 11) is 0. The molecule has 0 spiro atoms. The zero-order valence-corrected chi connectivity index (χ0v) is 17.4. The smallest absolute Gasteiger partial charge is 0.267 e. The average Bonchev–Trinajstić information content (AvgIpc) is 2.75. The lowest BCUT2D eigenvalue weighted by molar-refractivity contribution is -0.128. The molecule has 0 unspecified atom stereocenters. The molecule has 3 rings (SSSR count). The predicted molar refractivity (Wildman–Crippen MR) is 117 cm³/mol. The number of amides is 1. The molecule has 0 aliphatic carbocycles. The summed E-state index contributed by atoms with van der Waals surface area (Å²) < 4.78 is 11.6. The highest BCUT2D eigenvalue weighted by Crippen LogP contribution is 2.23. The second-order valence-electron chi connectivity index (χ2n) is 7.14. The van der Waals surface area contributed by atoms with Gasteiger partial charge in [0, 0.05) is 10.7 Å². The van der Waals surface area contributed by atoms with Crippen LogP contribution in [0.2, 0.25) is 5.02 Å². The first-order valence-corrected chi connectivity index (χ1v) is 9.71. The summed E-state index contributed by atoms with van der Waals surface area (Å²) in [6.07, 6.45) is 0. The fraction of sp³-hybridized carbons (Fsp3) is 0.167. The van der Waals surface area contributed by atoms with E-state index >= 15 is 0 Å². The van der Waals surface area contributed by atoms with Gasteiger partial charge in [0.2, 0.25) is 0 Å². The van der Waals surface area contributed by atoms with Gasteiger partial charge in [0.1, 0.15) is 18.1 Å². The number of nitriles is 1. The van der Waals surface area contributed by atoms with Crippen LogP contribution in [0.15, 0.2) is 72.8 Å². The SMILES string of the molecule is CC(C)(Oc1ccc(Cl)cc1)C(=O)Nc1ccc(OCc2ccc(C#N)cc2)cc1. The Bertz CT molecular complexity index is 1040. The molecule has 1 amide bonds. The fourth-order valence-corrected chi connectivity index (χ4v) is 2.73. The second kappa shape index (κ2) is 9.34. The van der Waals surface area contributed by atoms with Crippen LogP contribution in [-0.4, -0.2) is 11.5 Å². The number of ether oxygens (including phenoxy) is 2. The van der Waals surface area contributed by atoms with Gasteiger partial charge in [0.15, 0.2) is 5.60 Å². The van der Waals surface area contributed by atoms with Gasteiger partial charge in [-0.25, -0.2) is 0 Å². The van der Waals surface area contributed by atoms with Crippen molar-refractivity contribution in [1.29, 1.82) is 5.26 Å². The number of benzene rings is 3. The van der Waals surface area contributed by atoms with Crippen LogP contribution < -0.4 is 14.8 Å². The lowest BCUT2D eigenvalue weighted by Gasteiger charge is -2.25. The van der Waals surface area contributed by atoms with Crippen molar-refractivity contribution < 1.29 is 14.3 Å². The monoisotopic (exact) mass is 420 g/mol. The lowest BCUT2D eigenvalue weighted by Crippen LogP contribution is -2.42. The van der Waals surface area contributed by atoms with E-state index in [4.69, 9.17) is 26.3 Å². The van der Waals surface area contributed by atoms with Crippen LogP contribution >= 0.6 is 11.6 Å². The van der Waals surface area contributed by atoms with Crippen molar-refractivity contribution in [2.45, 2.75) is 26.1 Å². The van der Waals surface area contributed by atoms with Crippen molar-refractivity contribution >= 4 is 23.2 Å². The van der Waals surface area contributed by atoms with Crippen molar-refractivity contribution in [2.75, 3.05) is 5.32 Å². The topological polar surface area (TPSA) is 71.3 Å². The minimum Gasteiger partial charge on any atom is -0.489 e. The molecule has 0 heterocycles. The van der Waals surface area contributed by atoms with Crippen molar-refractivity contribution in [3.63, 3.8) is 0 Å². The van der Waals surface area contributed by atoms with Gasteiger partial charge in [-0.15, -0.1) is 0 Å². The molecule has 0 fully saturated rings. The van der Waals surface area contributed by atoms with Gasteiger partial charge in [-0.05, 0) is 80.1 Å². The highest BCUT2D eigenvalue weighted by Gasteiger charge is 2.30. The maximum atomic E-state index is 12.6. The van der Waals surface area contributed by atoms with E-state index in [0.717, 1.165) is 5.56 Å². The molecule has 0 bridgehead atoms. The average molecular weight is 421 g/mol. The van der Waals surface area contributed by atoms with Crippen molar-refractivity contribution in [3.05, 3.63) is 88.9 Å². The Morgan fingerprint density at radius 2 is 1.57 bits per heavy atom. The normalized spacial score (nSPS) is 10.7. The molecule has 0 saturated heterocycles. The quantitative estimate of drug-likeness (QED) is 0.541. The number of halogens is 1. The Hall–Kier alpha value is -3.49. The summed E-state index contributed by atoms with van der Waals surface area (Å²) in [4.78, 5) is 12.6. The zero-order chi connectivity index (χ0) is 21.6. The lowest BCUT2D eigenvalue weighted by atomic mass is 10.1. The van der Waals surface area contributed by atoms with Crippen LogP contribution in [0, 0.1) is 11.3 Å². The van der Waals surface area contributed by atoms with Gasteiger partial charge in [0.05, 0.1) is 11.6 Å². The Balaban J connectivity index is 1.55. The van der Waals surface area contributed by atoms with Gasteiger partial charge in [-0.3, -0.25) is 4.79 Å². The van der Waals surface area contributed by atoms with Crippen molar-refractivity contribution in [2.24, 2.45) is 0 Å². The number of hydrogen-bond donors (Lipinski definition) is 1. The third kappa shape index (κ3) is 5.76. The van der Waals surface area contributed by atoms with Gasteiger partial charge < -0.3 is 14.8 Å². The molecule has 3 aromatic carbocycles. The molecule has 1 N–H and O–H groups in total. The largest absolute Gasteiger partial charge is 0.489 e. The molecule has 5 nitrogen and oxygen atoms in total. The Labute approximate surface area is 180 Å². The zero-order valence-electron chi connectivity index (χ0n) is 16.7. The molecule has 0 saturated carbocycles. The predicted octanol–water partition coefficient (Wildman–Crippen LogP) is 5.59. The molecule has 30 heavy (non-hydrogen) atoms. The van der Waals surface area contributed by atoms with Gasteiger partial charge in [-0.2, -0.15) is 5.26 Å². The van der Waals surface area contributed by atoms with Crippen LogP contribution in [0.4, 0.5) is 5.69 Å². The van der Waals surface area contributed by atoms with Crippen LogP contribution in [0.1, 0.15) is 25.0 Å². The van der Waals surface area contributed by atoms with E-state index < -0.39 is 5.60 Å². The van der Waals surface area contributed by atoms with Crippen molar-refractivity contribution in [1.82, 2.24) is 0 Å². The summed E-state index contributed by atoms with van der Waals surface area (Å²) in [5.74, 6) is 0.962. The number of hydrogen-bond acceptors (Lipinski definition) is 4. The van der Waals surface area contributed by atoms with E-state index in [2.05, 4.69) is 11.4 Å². The molecular formula is C24H21ClN2O3. The van der Waals surface area contributed by atoms with E-state index in [1.165, 1.54) is 0 Å². The summed E-state index contributed by atoms with van der Waals surface area (Å²) in [5, 5.41) is 12.3. The Kier molecular flexibility index (Phi) is 6.61. The van der Waals surface area contributed by atoms with E-state index in [0.29, 0.717) is 34.4 Å². The number of carbonyl (C=O) groups is 1. The molecule has 0 aromatic heterocycles. The third-order valence-corrected chi connectivity index (χ3v) is 4.59. The summed E-state index contributed by atoms with van der Waals surface area (Å²) in [6, 6.07) is 23.3. The summed E-state index contributed by atoms with van der Waals surface area (Å²) in [5.41, 5.74) is 1.14. The van der Waals surface area contributed by atoms with E-state index in [1.54, 1.807) is 74.5 Å². The minimum atomic E-state index is -1.07. The van der Waals surface area contributed by atoms with Crippen LogP contribution in [0.5, 0.6) is 11.5 Å². The fourth-order valence-electron chi connectivity index (χ4n) is 2.60. The number of rotatable bonds is 7. The van der Waals surface area contributed by atoms with Crippen molar-refractivity contribution in [3.8, 4) is 17.6 Å². The molecule has 0 aliphatic heterocycles. The molecule has 0 aliphatic rings. The Morgan fingerprint density at radius 3 is 2.17 bits per heavy atom. The van der Waals surface area contributed by atoms with Gasteiger partial charge >= 0.3 is 0 Å². The number of nitrogens with one attached hydrogen (secondary N) is 1. The van der Waals surface area contributed by atoms with Crippen LogP contribution in [-0.2, 0) is 11.4 Å². The molecule has 6 heteroatoms.